The number of aromatic amines is 1. The topological polar surface area (TPSA) is 71.9 Å². The van der Waals surface area contributed by atoms with E-state index in [2.05, 4.69) is 49.4 Å². The minimum absolute atomic E-state index is 0.741. The number of pyridine rings is 1. The highest BCUT2D eigenvalue weighted by molar-refractivity contribution is 5.85. The fourth-order valence-corrected chi connectivity index (χ4v) is 3.32. The van der Waals surface area contributed by atoms with Gasteiger partial charge in [-0.05, 0) is 17.7 Å². The molecule has 1 aliphatic heterocycles. The zero-order valence-corrected chi connectivity index (χ0v) is 14.2. The Hall–Kier alpha value is -3.19. The molecular formula is C19H18N6O. The van der Waals surface area contributed by atoms with Gasteiger partial charge in [0.15, 0.2) is 0 Å². The fraction of sp³-hybridized carbons (Fsp3) is 0.211. The van der Waals surface area contributed by atoms with Crippen LogP contribution in [0.4, 0.5) is 5.82 Å². The fourth-order valence-electron chi connectivity index (χ4n) is 3.32. The van der Waals surface area contributed by atoms with E-state index in [0.717, 1.165) is 59.8 Å². The number of aromatic nitrogens is 5. The van der Waals surface area contributed by atoms with Crippen LogP contribution in [0.15, 0.2) is 55.1 Å². The second-order valence-corrected chi connectivity index (χ2v) is 6.29. The van der Waals surface area contributed by atoms with Crippen molar-refractivity contribution in [1.82, 2.24) is 25.0 Å². The van der Waals surface area contributed by atoms with Crippen molar-refractivity contribution < 1.29 is 4.74 Å². The molecule has 0 amide bonds. The zero-order chi connectivity index (χ0) is 17.3. The van der Waals surface area contributed by atoms with Crippen molar-refractivity contribution in [2.75, 3.05) is 31.2 Å². The molecular weight excluding hydrogens is 328 g/mol. The molecule has 1 aromatic carbocycles. The first-order chi connectivity index (χ1) is 12.9. The first-order valence-corrected chi connectivity index (χ1v) is 8.64. The predicted molar refractivity (Wildman–Crippen MR) is 99.5 cm³/mol. The van der Waals surface area contributed by atoms with E-state index in [1.54, 1.807) is 0 Å². The summed E-state index contributed by atoms with van der Waals surface area (Å²) < 4.78 is 7.40. The Balaban J connectivity index is 1.57. The Bertz CT molecular complexity index is 1030. The van der Waals surface area contributed by atoms with E-state index in [1.165, 1.54) is 0 Å². The summed E-state index contributed by atoms with van der Waals surface area (Å²) in [5, 5.41) is 12.6. The van der Waals surface area contributed by atoms with Crippen LogP contribution in [-0.4, -0.2) is 51.3 Å². The van der Waals surface area contributed by atoms with Gasteiger partial charge in [0.1, 0.15) is 5.82 Å². The van der Waals surface area contributed by atoms with Gasteiger partial charge in [-0.3, -0.25) is 5.10 Å². The van der Waals surface area contributed by atoms with Crippen LogP contribution < -0.4 is 4.90 Å². The van der Waals surface area contributed by atoms with Crippen LogP contribution in [0.25, 0.3) is 27.7 Å². The SMILES string of the molecule is c1cc(-n2ncc3ccc(-c4cn[nH]c4)cc32)cc(N2CCOCC2)n1. The van der Waals surface area contributed by atoms with Gasteiger partial charge in [-0.15, -0.1) is 0 Å². The molecule has 1 saturated heterocycles. The quantitative estimate of drug-likeness (QED) is 0.617. The molecule has 0 atom stereocenters. The summed E-state index contributed by atoms with van der Waals surface area (Å²) in [5.74, 6) is 0.959. The highest BCUT2D eigenvalue weighted by atomic mass is 16.5. The molecule has 26 heavy (non-hydrogen) atoms. The third-order valence-corrected chi connectivity index (χ3v) is 4.71. The molecule has 7 heteroatoms. The van der Waals surface area contributed by atoms with Crippen LogP contribution in [0.1, 0.15) is 0 Å². The Kier molecular flexibility index (Phi) is 3.64. The van der Waals surface area contributed by atoms with Crippen molar-refractivity contribution in [3.05, 3.63) is 55.1 Å². The summed E-state index contributed by atoms with van der Waals surface area (Å²) in [6.07, 6.45) is 7.45. The minimum atomic E-state index is 0.741. The van der Waals surface area contributed by atoms with Gasteiger partial charge in [0.25, 0.3) is 0 Å². The number of hydrogen-bond acceptors (Lipinski definition) is 5. The van der Waals surface area contributed by atoms with Crippen molar-refractivity contribution in [3.63, 3.8) is 0 Å². The van der Waals surface area contributed by atoms with Gasteiger partial charge in [-0.2, -0.15) is 10.2 Å². The lowest BCUT2D eigenvalue weighted by atomic mass is 10.1. The molecule has 0 unspecified atom stereocenters. The number of ether oxygens (including phenoxy) is 1. The normalized spacial score (nSPS) is 14.8. The van der Waals surface area contributed by atoms with Crippen molar-refractivity contribution in [3.8, 4) is 16.8 Å². The molecule has 3 aromatic heterocycles. The van der Waals surface area contributed by atoms with Gasteiger partial charge < -0.3 is 9.64 Å². The van der Waals surface area contributed by atoms with Crippen molar-refractivity contribution in [2.45, 2.75) is 0 Å². The third-order valence-electron chi connectivity index (χ3n) is 4.71. The number of hydrogen-bond donors (Lipinski definition) is 1. The number of anilines is 1. The van der Waals surface area contributed by atoms with E-state index < -0.39 is 0 Å². The Labute approximate surface area is 150 Å². The molecule has 1 aliphatic rings. The Morgan fingerprint density at radius 3 is 2.77 bits per heavy atom. The maximum absolute atomic E-state index is 5.44. The maximum atomic E-state index is 5.44. The van der Waals surface area contributed by atoms with Crippen LogP contribution in [0.3, 0.4) is 0 Å². The predicted octanol–water partition coefficient (Wildman–Crippen LogP) is 2.65. The van der Waals surface area contributed by atoms with Crippen molar-refractivity contribution >= 4 is 16.7 Å². The molecule has 1 N–H and O–H groups in total. The Morgan fingerprint density at radius 2 is 1.92 bits per heavy atom. The Morgan fingerprint density at radius 1 is 1.00 bits per heavy atom. The number of nitrogens with zero attached hydrogens (tertiary/aromatic N) is 5. The molecule has 0 spiro atoms. The molecule has 1 fully saturated rings. The number of nitrogens with one attached hydrogen (secondary N) is 1. The summed E-state index contributed by atoms with van der Waals surface area (Å²) in [4.78, 5) is 6.77. The van der Waals surface area contributed by atoms with Gasteiger partial charge >= 0.3 is 0 Å². The van der Waals surface area contributed by atoms with E-state index in [1.807, 2.05) is 35.5 Å². The number of H-pyrrole nitrogens is 1. The second-order valence-electron chi connectivity index (χ2n) is 6.29. The van der Waals surface area contributed by atoms with Gasteiger partial charge in [-0.25, -0.2) is 9.67 Å². The lowest BCUT2D eigenvalue weighted by Gasteiger charge is -2.28. The maximum Gasteiger partial charge on any atom is 0.130 e. The largest absolute Gasteiger partial charge is 0.378 e. The third kappa shape index (κ3) is 2.62. The van der Waals surface area contributed by atoms with E-state index in [4.69, 9.17) is 4.74 Å². The first-order valence-electron chi connectivity index (χ1n) is 8.64. The highest BCUT2D eigenvalue weighted by Gasteiger charge is 2.14. The highest BCUT2D eigenvalue weighted by Crippen LogP contribution is 2.26. The average Bonchev–Trinajstić information content (AvgIpc) is 3.38. The van der Waals surface area contributed by atoms with E-state index in [0.29, 0.717) is 0 Å². The number of rotatable bonds is 3. The van der Waals surface area contributed by atoms with Crippen LogP contribution in [-0.2, 0) is 4.74 Å². The van der Waals surface area contributed by atoms with Gasteiger partial charge in [0.2, 0.25) is 0 Å². The van der Waals surface area contributed by atoms with Crippen LogP contribution in [0.2, 0.25) is 0 Å². The molecule has 0 bridgehead atoms. The molecule has 0 aliphatic carbocycles. The summed E-state index contributed by atoms with van der Waals surface area (Å²) in [6, 6.07) is 10.4. The lowest BCUT2D eigenvalue weighted by molar-refractivity contribution is 0.122. The van der Waals surface area contributed by atoms with Crippen LogP contribution >= 0.6 is 0 Å². The van der Waals surface area contributed by atoms with E-state index in [9.17, 15) is 0 Å². The summed E-state index contributed by atoms with van der Waals surface area (Å²) >= 11 is 0. The van der Waals surface area contributed by atoms with E-state index in [-0.39, 0.29) is 0 Å². The van der Waals surface area contributed by atoms with Crippen molar-refractivity contribution in [1.29, 1.82) is 0 Å². The molecule has 5 rings (SSSR count). The van der Waals surface area contributed by atoms with Crippen LogP contribution in [0.5, 0.6) is 0 Å². The standard InChI is InChI=1S/C19H18N6O/c1-2-15-13-23-25(18(15)9-14(1)16-11-21-22-12-16)17-3-4-20-19(10-17)24-5-7-26-8-6-24/h1-4,9-13H,5-8H2,(H,21,22). The first kappa shape index (κ1) is 15.1. The number of morpholine rings is 1. The summed E-state index contributed by atoms with van der Waals surface area (Å²) in [5.41, 5.74) is 4.22. The smallest absolute Gasteiger partial charge is 0.130 e. The van der Waals surface area contributed by atoms with Gasteiger partial charge in [0.05, 0.1) is 36.8 Å². The lowest BCUT2D eigenvalue weighted by Crippen LogP contribution is -2.36. The minimum Gasteiger partial charge on any atom is -0.378 e. The second kappa shape index (κ2) is 6.27. The van der Waals surface area contributed by atoms with Crippen LogP contribution in [0, 0.1) is 0 Å². The molecule has 0 saturated carbocycles. The summed E-state index contributed by atoms with van der Waals surface area (Å²) in [6.45, 7) is 3.21. The average molecular weight is 346 g/mol. The molecule has 0 radical (unpaired) electrons. The van der Waals surface area contributed by atoms with Gasteiger partial charge in [0, 0.05) is 42.5 Å². The number of benzene rings is 1. The molecule has 4 aromatic rings. The zero-order valence-electron chi connectivity index (χ0n) is 14.2. The van der Waals surface area contributed by atoms with Crippen molar-refractivity contribution in [2.24, 2.45) is 0 Å². The van der Waals surface area contributed by atoms with E-state index >= 15 is 0 Å². The molecule has 7 nitrogen and oxygen atoms in total. The summed E-state index contributed by atoms with van der Waals surface area (Å²) in [7, 11) is 0. The van der Waals surface area contributed by atoms with Gasteiger partial charge in [-0.1, -0.05) is 12.1 Å². The molecule has 130 valence electrons. The molecule has 4 heterocycles. The number of fused-ring (bicyclic) bond motifs is 1. The monoisotopic (exact) mass is 346 g/mol.